The number of sulfone groups is 1. The van der Waals surface area contributed by atoms with E-state index in [9.17, 15) is 8.42 Å². The first-order valence-electron chi connectivity index (χ1n) is 6.10. The van der Waals surface area contributed by atoms with Crippen molar-refractivity contribution in [2.24, 2.45) is 0 Å². The van der Waals surface area contributed by atoms with Crippen LogP contribution < -0.4 is 0 Å². The first kappa shape index (κ1) is 15.8. The Bertz CT molecular complexity index is 885. The number of halogens is 1. The molecule has 0 atom stereocenters. The lowest BCUT2D eigenvalue weighted by atomic mass is 10.1. The highest BCUT2D eigenvalue weighted by Gasteiger charge is 2.17. The van der Waals surface area contributed by atoms with Crippen LogP contribution in [0.25, 0.3) is 6.08 Å². The van der Waals surface area contributed by atoms with Gasteiger partial charge in [0.15, 0.2) is 0 Å². The molecule has 22 heavy (non-hydrogen) atoms. The van der Waals surface area contributed by atoms with Crippen molar-refractivity contribution >= 4 is 27.5 Å². The summed E-state index contributed by atoms with van der Waals surface area (Å²) in [5.41, 5.74) is 0.529. The molecule has 0 aliphatic rings. The second kappa shape index (κ2) is 6.44. The summed E-state index contributed by atoms with van der Waals surface area (Å²) in [4.78, 5) is 0.275. The zero-order valence-electron chi connectivity index (χ0n) is 11.2. The predicted molar refractivity (Wildman–Crippen MR) is 82.5 cm³/mol. The minimum absolute atomic E-state index is 0.0479. The van der Waals surface area contributed by atoms with Gasteiger partial charge in [0.2, 0.25) is 9.84 Å². The summed E-state index contributed by atoms with van der Waals surface area (Å²) in [5.74, 6) is 0. The Balaban J connectivity index is 2.39. The van der Waals surface area contributed by atoms with Gasteiger partial charge in [-0.05, 0) is 48.0 Å². The van der Waals surface area contributed by atoms with E-state index in [2.05, 4.69) is 0 Å². The minimum Gasteiger partial charge on any atom is -0.219 e. The fourth-order valence-electron chi connectivity index (χ4n) is 1.75. The van der Waals surface area contributed by atoms with E-state index in [4.69, 9.17) is 22.1 Å². The van der Waals surface area contributed by atoms with Crippen LogP contribution in [-0.4, -0.2) is 8.42 Å². The molecule has 0 aliphatic heterocycles. The van der Waals surface area contributed by atoms with Crippen LogP contribution in [0.3, 0.4) is 0 Å². The van der Waals surface area contributed by atoms with E-state index in [1.807, 2.05) is 0 Å². The molecule has 0 saturated heterocycles. The van der Waals surface area contributed by atoms with Crippen molar-refractivity contribution in [2.45, 2.75) is 9.79 Å². The fourth-order valence-corrected chi connectivity index (χ4v) is 3.14. The Hall–Kier alpha value is -2.60. The van der Waals surface area contributed by atoms with Crippen LogP contribution in [0.15, 0.2) is 63.9 Å². The van der Waals surface area contributed by atoms with Gasteiger partial charge in [0.05, 0.1) is 9.79 Å². The van der Waals surface area contributed by atoms with Gasteiger partial charge in [0, 0.05) is 5.02 Å². The average molecular weight is 329 g/mol. The van der Waals surface area contributed by atoms with Crippen LogP contribution in [0.1, 0.15) is 5.56 Å². The van der Waals surface area contributed by atoms with Gasteiger partial charge >= 0.3 is 0 Å². The third-order valence-corrected chi connectivity index (χ3v) is 4.90. The maximum Gasteiger partial charge on any atom is 0.206 e. The van der Waals surface area contributed by atoms with E-state index in [-0.39, 0.29) is 15.4 Å². The highest BCUT2D eigenvalue weighted by atomic mass is 35.5. The van der Waals surface area contributed by atoms with Crippen LogP contribution in [-0.2, 0) is 9.84 Å². The van der Waals surface area contributed by atoms with E-state index in [1.165, 1.54) is 54.6 Å². The maximum atomic E-state index is 12.4. The van der Waals surface area contributed by atoms with Crippen LogP contribution in [0.4, 0.5) is 0 Å². The van der Waals surface area contributed by atoms with Gasteiger partial charge in [-0.1, -0.05) is 23.7 Å². The van der Waals surface area contributed by atoms with E-state index >= 15 is 0 Å². The third kappa shape index (κ3) is 3.35. The second-order valence-corrected chi connectivity index (χ2v) is 6.69. The SMILES string of the molecule is N#CC(C#N)=Cc1ccc(S(=O)(=O)c2ccc(Cl)cc2)cc1. The molecule has 0 unspecified atom stereocenters. The Morgan fingerprint density at radius 1 is 0.909 bits per heavy atom. The Kier molecular flexibility index (Phi) is 4.62. The summed E-state index contributed by atoms with van der Waals surface area (Å²) in [6.07, 6.45) is 1.39. The number of allylic oxidation sites excluding steroid dienone is 1. The predicted octanol–water partition coefficient (Wildman–Crippen LogP) is 3.60. The van der Waals surface area contributed by atoms with E-state index in [1.54, 1.807) is 12.1 Å². The number of hydrogen-bond donors (Lipinski definition) is 0. The highest BCUT2D eigenvalue weighted by molar-refractivity contribution is 7.91. The lowest BCUT2D eigenvalue weighted by Gasteiger charge is -2.05. The summed E-state index contributed by atoms with van der Waals surface area (Å²) >= 11 is 5.75. The van der Waals surface area contributed by atoms with Gasteiger partial charge in [0.25, 0.3) is 0 Å². The summed E-state index contributed by atoms with van der Waals surface area (Å²) < 4.78 is 24.9. The molecule has 2 rings (SSSR count). The molecular formula is C16H9ClN2O2S. The summed E-state index contributed by atoms with van der Waals surface area (Å²) in [6.45, 7) is 0. The van der Waals surface area contributed by atoms with E-state index < -0.39 is 9.84 Å². The van der Waals surface area contributed by atoms with Crippen molar-refractivity contribution < 1.29 is 8.42 Å². The van der Waals surface area contributed by atoms with Gasteiger partial charge in [0.1, 0.15) is 17.7 Å². The van der Waals surface area contributed by atoms with Crippen molar-refractivity contribution in [1.82, 2.24) is 0 Å². The third-order valence-electron chi connectivity index (χ3n) is 2.87. The number of hydrogen-bond acceptors (Lipinski definition) is 4. The van der Waals surface area contributed by atoms with E-state index in [0.717, 1.165) is 0 Å². The molecule has 0 aliphatic carbocycles. The monoisotopic (exact) mass is 328 g/mol. The van der Waals surface area contributed by atoms with E-state index in [0.29, 0.717) is 10.6 Å². The van der Waals surface area contributed by atoms with Gasteiger partial charge in [-0.25, -0.2) is 8.42 Å². The fraction of sp³-hybridized carbons (Fsp3) is 0. The largest absolute Gasteiger partial charge is 0.219 e. The average Bonchev–Trinajstić information content (AvgIpc) is 2.53. The molecule has 0 fully saturated rings. The first-order valence-corrected chi connectivity index (χ1v) is 7.96. The Labute approximate surface area is 133 Å². The molecule has 2 aromatic carbocycles. The van der Waals surface area contributed by atoms with Crippen molar-refractivity contribution in [3.63, 3.8) is 0 Å². The topological polar surface area (TPSA) is 81.7 Å². The molecule has 108 valence electrons. The molecule has 0 heterocycles. The Morgan fingerprint density at radius 3 is 1.82 bits per heavy atom. The van der Waals surface area contributed by atoms with Gasteiger partial charge < -0.3 is 0 Å². The van der Waals surface area contributed by atoms with Crippen LogP contribution in [0, 0.1) is 22.7 Å². The van der Waals surface area contributed by atoms with Crippen LogP contribution in [0.2, 0.25) is 5.02 Å². The highest BCUT2D eigenvalue weighted by Crippen LogP contribution is 2.23. The zero-order chi connectivity index (χ0) is 16.2. The Morgan fingerprint density at radius 2 is 1.36 bits per heavy atom. The van der Waals surface area contributed by atoms with Crippen molar-refractivity contribution in [3.05, 3.63) is 64.7 Å². The number of rotatable bonds is 3. The minimum atomic E-state index is -3.62. The van der Waals surface area contributed by atoms with Crippen molar-refractivity contribution in [1.29, 1.82) is 10.5 Å². The summed E-state index contributed by atoms with van der Waals surface area (Å²) in [5, 5.41) is 17.8. The first-order chi connectivity index (χ1) is 10.5. The molecule has 4 nitrogen and oxygen atoms in total. The molecular weight excluding hydrogens is 320 g/mol. The quantitative estimate of drug-likeness (QED) is 0.806. The number of nitriles is 2. The molecule has 0 N–H and O–H groups in total. The smallest absolute Gasteiger partial charge is 0.206 e. The lowest BCUT2D eigenvalue weighted by Crippen LogP contribution is -2.01. The van der Waals surface area contributed by atoms with Gasteiger partial charge in [-0.2, -0.15) is 10.5 Å². The van der Waals surface area contributed by atoms with Crippen LogP contribution >= 0.6 is 11.6 Å². The number of nitrogens with zero attached hydrogens (tertiary/aromatic N) is 2. The molecule has 6 heteroatoms. The van der Waals surface area contributed by atoms with Gasteiger partial charge in [-0.15, -0.1) is 0 Å². The molecule has 0 aromatic heterocycles. The normalized spacial score (nSPS) is 10.3. The van der Waals surface area contributed by atoms with Crippen LogP contribution in [0.5, 0.6) is 0 Å². The van der Waals surface area contributed by atoms with Crippen molar-refractivity contribution in [3.8, 4) is 12.1 Å². The zero-order valence-corrected chi connectivity index (χ0v) is 12.8. The summed E-state index contributed by atoms with van der Waals surface area (Å²) in [6, 6.07) is 15.3. The summed E-state index contributed by atoms with van der Waals surface area (Å²) in [7, 11) is -3.62. The molecule has 0 spiro atoms. The van der Waals surface area contributed by atoms with Gasteiger partial charge in [-0.3, -0.25) is 0 Å². The maximum absolute atomic E-state index is 12.4. The molecule has 0 saturated carbocycles. The standard InChI is InChI=1S/C16H9ClN2O2S/c17-14-3-7-16(8-4-14)22(20,21)15-5-1-12(2-6-15)9-13(10-18)11-19/h1-9H. The second-order valence-electron chi connectivity index (χ2n) is 4.31. The number of benzene rings is 2. The molecule has 0 bridgehead atoms. The molecule has 0 radical (unpaired) electrons. The van der Waals surface area contributed by atoms with Crippen molar-refractivity contribution in [2.75, 3.05) is 0 Å². The molecule has 2 aromatic rings. The molecule has 0 amide bonds. The lowest BCUT2D eigenvalue weighted by molar-refractivity contribution is 0.596.